The highest BCUT2D eigenvalue weighted by Gasteiger charge is 2.26. The average Bonchev–Trinajstić information content (AvgIpc) is 2.75. The molecule has 0 aliphatic rings. The zero-order valence-electron chi connectivity index (χ0n) is 17.0. The second-order valence-corrected chi connectivity index (χ2v) is 7.06. The third-order valence-electron chi connectivity index (χ3n) is 4.63. The van der Waals surface area contributed by atoms with Gasteiger partial charge >= 0.3 is 0 Å². The molecular formula is C23H29NO5. The van der Waals surface area contributed by atoms with Gasteiger partial charge in [0.15, 0.2) is 0 Å². The summed E-state index contributed by atoms with van der Waals surface area (Å²) in [5.74, 6) is -0.308. The van der Waals surface area contributed by atoms with E-state index in [1.165, 1.54) is 17.7 Å². The predicted octanol–water partition coefficient (Wildman–Crippen LogP) is 3.98. The van der Waals surface area contributed by atoms with Crippen LogP contribution < -0.4 is 0 Å². The number of carbonyl (C=O) groups excluding carboxylic acids is 2. The maximum Gasteiger partial charge on any atom is 0.277 e. The van der Waals surface area contributed by atoms with Crippen molar-refractivity contribution in [1.29, 1.82) is 0 Å². The molecule has 0 aromatic heterocycles. The first kappa shape index (κ1) is 22.7. The smallest absolute Gasteiger partial charge is 0.277 e. The van der Waals surface area contributed by atoms with Gasteiger partial charge in [-0.15, -0.1) is 0 Å². The molecule has 29 heavy (non-hydrogen) atoms. The lowest BCUT2D eigenvalue weighted by molar-refractivity contribution is -0.131. The second kappa shape index (κ2) is 12.1. The normalized spacial score (nSPS) is 12.9. The van der Waals surface area contributed by atoms with Crippen LogP contribution in [-0.2, 0) is 15.9 Å². The number of benzene rings is 2. The molecule has 0 saturated heterocycles. The van der Waals surface area contributed by atoms with Crippen molar-refractivity contribution in [3.63, 3.8) is 0 Å². The monoisotopic (exact) mass is 399 g/mol. The number of nitrogens with zero attached hydrogens (tertiary/aromatic N) is 1. The van der Waals surface area contributed by atoms with E-state index in [1.54, 1.807) is 12.1 Å². The van der Waals surface area contributed by atoms with Crippen LogP contribution in [0.5, 0.6) is 0 Å². The molecule has 0 radical (unpaired) electrons. The largest absolute Gasteiger partial charge is 0.356 e. The number of hydrogen-bond acceptors (Lipinski definition) is 5. The molecule has 2 aromatic rings. The Bertz CT molecular complexity index is 748. The molecule has 0 bridgehead atoms. The fourth-order valence-corrected chi connectivity index (χ4v) is 3.13. The molecule has 0 heterocycles. The van der Waals surface area contributed by atoms with E-state index in [-0.39, 0.29) is 19.3 Å². The fraction of sp³-hybridized carbons (Fsp3) is 0.391. The Hall–Kier alpha value is -2.54. The summed E-state index contributed by atoms with van der Waals surface area (Å²) in [7, 11) is 0. The van der Waals surface area contributed by atoms with Crippen molar-refractivity contribution < 1.29 is 24.3 Å². The Kier molecular flexibility index (Phi) is 9.50. The molecule has 1 N–H and O–H groups in total. The Labute approximate surface area is 172 Å². The maximum absolute atomic E-state index is 12.7. The van der Waals surface area contributed by atoms with Crippen molar-refractivity contribution in [2.24, 2.45) is 5.92 Å². The molecule has 0 unspecified atom stereocenters. The van der Waals surface area contributed by atoms with Crippen molar-refractivity contribution in [3.05, 3.63) is 71.3 Å². The molecule has 0 fully saturated rings. The van der Waals surface area contributed by atoms with E-state index in [4.69, 9.17) is 9.47 Å². The zero-order valence-corrected chi connectivity index (χ0v) is 17.0. The summed E-state index contributed by atoms with van der Waals surface area (Å²) in [6.07, 6.45) is 2.11. The molecule has 0 aliphatic carbocycles. The van der Waals surface area contributed by atoms with E-state index in [9.17, 15) is 14.8 Å². The molecule has 2 atom stereocenters. The number of hydrogen-bond donors (Lipinski definition) is 1. The lowest BCUT2D eigenvalue weighted by Crippen LogP contribution is -2.42. The van der Waals surface area contributed by atoms with Gasteiger partial charge in [0.1, 0.15) is 13.1 Å². The summed E-state index contributed by atoms with van der Waals surface area (Å²) in [5, 5.41) is 11.4. The van der Waals surface area contributed by atoms with E-state index in [1.807, 2.05) is 25.1 Å². The van der Waals surface area contributed by atoms with Gasteiger partial charge in [0.05, 0.1) is 12.6 Å². The average molecular weight is 399 g/mol. The fourth-order valence-electron chi connectivity index (χ4n) is 3.13. The Morgan fingerprint density at radius 3 is 2.41 bits per heavy atom. The first-order valence-corrected chi connectivity index (χ1v) is 9.82. The molecule has 6 nitrogen and oxygen atoms in total. The molecule has 0 aliphatic heterocycles. The number of aldehydes is 1. The van der Waals surface area contributed by atoms with Crippen LogP contribution in [-0.4, -0.2) is 48.5 Å². The minimum Gasteiger partial charge on any atom is -0.356 e. The van der Waals surface area contributed by atoms with Crippen molar-refractivity contribution in [1.82, 2.24) is 5.06 Å². The lowest BCUT2D eigenvalue weighted by atomic mass is 9.94. The predicted molar refractivity (Wildman–Crippen MR) is 110 cm³/mol. The maximum atomic E-state index is 12.7. The van der Waals surface area contributed by atoms with Crippen molar-refractivity contribution in [2.45, 2.75) is 32.7 Å². The van der Waals surface area contributed by atoms with Crippen molar-refractivity contribution in [3.8, 4) is 0 Å². The van der Waals surface area contributed by atoms with Gasteiger partial charge in [-0.2, -0.15) is 0 Å². The summed E-state index contributed by atoms with van der Waals surface area (Å²) in [6, 6.07) is 15.7. The van der Waals surface area contributed by atoms with Gasteiger partial charge in [-0.25, -0.2) is 5.06 Å². The second-order valence-electron chi connectivity index (χ2n) is 7.06. The first-order chi connectivity index (χ1) is 14.0. The van der Waals surface area contributed by atoms with Crippen LogP contribution in [0.4, 0.5) is 0 Å². The molecule has 0 saturated carbocycles. The Balaban J connectivity index is 2.05. The molecule has 6 heteroatoms. The van der Waals surface area contributed by atoms with Gasteiger partial charge in [0.2, 0.25) is 0 Å². The van der Waals surface area contributed by atoms with E-state index in [0.717, 1.165) is 11.5 Å². The van der Waals surface area contributed by atoms with Crippen molar-refractivity contribution >= 4 is 12.2 Å². The summed E-state index contributed by atoms with van der Waals surface area (Å²) in [4.78, 5) is 23.5. The number of amides is 1. The first-order valence-electron chi connectivity index (χ1n) is 9.82. The Morgan fingerprint density at radius 1 is 1.10 bits per heavy atom. The minimum atomic E-state index is -0.528. The van der Waals surface area contributed by atoms with E-state index in [0.29, 0.717) is 30.4 Å². The molecule has 0 spiro atoms. The van der Waals surface area contributed by atoms with Crippen LogP contribution in [0.3, 0.4) is 0 Å². The standard InChI is InChI=1S/C23H29NO5/c1-3-28-17-29-16-22(14-18(2)13-19-7-5-4-6-8-19)24(27)23(26)21-11-9-20(15-25)10-12-21/h4-12,15,18,22,27H,3,13-14,16-17H2,1-2H3/t18-,22-/m0/s1. The third-order valence-corrected chi connectivity index (χ3v) is 4.63. The quantitative estimate of drug-likeness (QED) is 0.192. The highest BCUT2D eigenvalue weighted by molar-refractivity contribution is 5.94. The summed E-state index contributed by atoms with van der Waals surface area (Å²) in [6.45, 7) is 4.75. The molecular weight excluding hydrogens is 370 g/mol. The van der Waals surface area contributed by atoms with Crippen LogP contribution in [0.2, 0.25) is 0 Å². The van der Waals surface area contributed by atoms with E-state index >= 15 is 0 Å². The van der Waals surface area contributed by atoms with Gasteiger partial charge in [0.25, 0.3) is 5.91 Å². The summed E-state index contributed by atoms with van der Waals surface area (Å²) in [5.41, 5.74) is 1.98. The topological polar surface area (TPSA) is 76.1 Å². The van der Waals surface area contributed by atoms with Gasteiger partial charge in [-0.3, -0.25) is 14.8 Å². The zero-order chi connectivity index (χ0) is 21.1. The van der Waals surface area contributed by atoms with Gasteiger partial charge < -0.3 is 9.47 Å². The van der Waals surface area contributed by atoms with Crippen LogP contribution in [0.1, 0.15) is 46.5 Å². The van der Waals surface area contributed by atoms with Crippen LogP contribution in [0, 0.1) is 5.92 Å². The van der Waals surface area contributed by atoms with Crippen LogP contribution in [0.25, 0.3) is 0 Å². The van der Waals surface area contributed by atoms with Gasteiger partial charge in [-0.05, 0) is 43.4 Å². The minimum absolute atomic E-state index is 0.107. The molecule has 1 amide bonds. The van der Waals surface area contributed by atoms with E-state index < -0.39 is 11.9 Å². The van der Waals surface area contributed by atoms with Crippen molar-refractivity contribution in [2.75, 3.05) is 20.0 Å². The highest BCUT2D eigenvalue weighted by Crippen LogP contribution is 2.18. The summed E-state index contributed by atoms with van der Waals surface area (Å²) >= 11 is 0. The number of carbonyl (C=O) groups is 2. The number of rotatable bonds is 12. The summed E-state index contributed by atoms with van der Waals surface area (Å²) < 4.78 is 10.7. The van der Waals surface area contributed by atoms with Gasteiger partial charge in [0, 0.05) is 17.7 Å². The Morgan fingerprint density at radius 2 is 1.79 bits per heavy atom. The molecule has 2 rings (SSSR count). The number of hydroxylamine groups is 2. The number of ether oxygens (including phenoxy) is 2. The highest BCUT2D eigenvalue weighted by atomic mass is 16.7. The SMILES string of the molecule is CCOCOC[C@H](C[C@@H](C)Cc1ccccc1)N(O)C(=O)c1ccc(C=O)cc1. The van der Waals surface area contributed by atoms with Gasteiger partial charge in [-0.1, -0.05) is 49.4 Å². The molecule has 2 aromatic carbocycles. The van der Waals surface area contributed by atoms with Crippen LogP contribution >= 0.6 is 0 Å². The molecule has 156 valence electrons. The third kappa shape index (κ3) is 7.42. The van der Waals surface area contributed by atoms with Crippen LogP contribution in [0.15, 0.2) is 54.6 Å². The van der Waals surface area contributed by atoms with E-state index in [2.05, 4.69) is 19.1 Å². The lowest BCUT2D eigenvalue weighted by Gasteiger charge is -2.28.